The fraction of sp³-hybridized carbons (Fsp3) is 0.0833. The number of carbonyl (C=O) groups excluding carboxylic acids is 1. The molecule has 0 aliphatic rings. The van der Waals surface area contributed by atoms with Crippen LogP contribution in [0.4, 0.5) is 4.39 Å². The summed E-state index contributed by atoms with van der Waals surface area (Å²) in [5, 5.41) is 1.93. The number of aryl methyl sites for hydroxylation is 1. The third-order valence-electron chi connectivity index (χ3n) is 2.28. The van der Waals surface area contributed by atoms with Crippen molar-refractivity contribution < 1.29 is 9.18 Å². The maximum Gasteiger partial charge on any atom is 0.150 e. The van der Waals surface area contributed by atoms with Crippen molar-refractivity contribution in [2.45, 2.75) is 6.92 Å². The van der Waals surface area contributed by atoms with Crippen molar-refractivity contribution in [3.8, 4) is 11.1 Å². The normalized spacial score (nSPS) is 10.3. The van der Waals surface area contributed by atoms with Gasteiger partial charge in [0.2, 0.25) is 0 Å². The first-order valence-corrected chi connectivity index (χ1v) is 5.39. The van der Waals surface area contributed by atoms with Gasteiger partial charge in [0.05, 0.1) is 0 Å². The number of benzene rings is 1. The Morgan fingerprint density at radius 1 is 1.27 bits per heavy atom. The van der Waals surface area contributed by atoms with Crippen molar-refractivity contribution in [2.24, 2.45) is 0 Å². The van der Waals surface area contributed by atoms with Crippen LogP contribution in [0.3, 0.4) is 0 Å². The molecule has 0 bridgehead atoms. The molecule has 1 aromatic carbocycles. The van der Waals surface area contributed by atoms with E-state index in [2.05, 4.69) is 0 Å². The average Bonchev–Trinajstić information content (AvgIpc) is 2.64. The zero-order valence-electron chi connectivity index (χ0n) is 8.16. The summed E-state index contributed by atoms with van der Waals surface area (Å²) >= 11 is 1.58. The second-order valence-electron chi connectivity index (χ2n) is 3.25. The minimum Gasteiger partial charge on any atom is -0.298 e. The lowest BCUT2D eigenvalue weighted by molar-refractivity contribution is 0.112. The van der Waals surface area contributed by atoms with Crippen LogP contribution in [-0.2, 0) is 0 Å². The predicted molar refractivity (Wildman–Crippen MR) is 59.8 cm³/mol. The molecule has 0 aliphatic carbocycles. The first kappa shape index (κ1) is 10.1. The first-order chi connectivity index (χ1) is 7.22. The Morgan fingerprint density at radius 2 is 2.07 bits per heavy atom. The molecule has 2 rings (SSSR count). The standard InChI is InChI=1S/C12H9FOS/c1-8-10(4-5-15-8)11-3-2-9(7-14)6-12(11)13/h2-7H,1H3. The van der Waals surface area contributed by atoms with Crippen LogP contribution < -0.4 is 0 Å². The summed E-state index contributed by atoms with van der Waals surface area (Å²) in [5.74, 6) is -0.346. The van der Waals surface area contributed by atoms with E-state index in [1.54, 1.807) is 23.5 Å². The van der Waals surface area contributed by atoms with Crippen LogP contribution in [0, 0.1) is 12.7 Å². The molecule has 0 fully saturated rings. The molecular weight excluding hydrogens is 211 g/mol. The Bertz CT molecular complexity index is 502. The summed E-state index contributed by atoms with van der Waals surface area (Å²) in [7, 11) is 0. The average molecular weight is 220 g/mol. The molecule has 1 nitrogen and oxygen atoms in total. The van der Waals surface area contributed by atoms with E-state index in [-0.39, 0.29) is 5.82 Å². The van der Waals surface area contributed by atoms with E-state index in [1.165, 1.54) is 6.07 Å². The molecule has 0 saturated heterocycles. The highest BCUT2D eigenvalue weighted by molar-refractivity contribution is 7.10. The largest absolute Gasteiger partial charge is 0.298 e. The summed E-state index contributed by atoms with van der Waals surface area (Å²) in [6, 6.07) is 6.43. The van der Waals surface area contributed by atoms with Crippen LogP contribution in [0.25, 0.3) is 11.1 Å². The van der Waals surface area contributed by atoms with Gasteiger partial charge >= 0.3 is 0 Å². The Morgan fingerprint density at radius 3 is 2.60 bits per heavy atom. The van der Waals surface area contributed by atoms with E-state index in [0.29, 0.717) is 17.4 Å². The molecule has 2 aromatic rings. The van der Waals surface area contributed by atoms with Crippen molar-refractivity contribution in [1.82, 2.24) is 0 Å². The third kappa shape index (κ3) is 1.83. The number of aldehydes is 1. The fourth-order valence-corrected chi connectivity index (χ4v) is 2.20. The van der Waals surface area contributed by atoms with Gasteiger partial charge in [0, 0.05) is 16.0 Å². The molecule has 0 atom stereocenters. The van der Waals surface area contributed by atoms with Crippen LogP contribution in [0.2, 0.25) is 0 Å². The fourth-order valence-electron chi connectivity index (χ4n) is 1.49. The number of rotatable bonds is 2. The Labute approximate surface area is 91.2 Å². The molecule has 0 saturated carbocycles. The number of hydrogen-bond acceptors (Lipinski definition) is 2. The van der Waals surface area contributed by atoms with Crippen molar-refractivity contribution in [1.29, 1.82) is 0 Å². The van der Waals surface area contributed by atoms with Gasteiger partial charge in [0.15, 0.2) is 0 Å². The summed E-state index contributed by atoms with van der Waals surface area (Å²) in [5.41, 5.74) is 1.82. The van der Waals surface area contributed by atoms with Gasteiger partial charge in [-0.15, -0.1) is 11.3 Å². The smallest absolute Gasteiger partial charge is 0.150 e. The van der Waals surface area contributed by atoms with Crippen LogP contribution in [0.5, 0.6) is 0 Å². The molecule has 3 heteroatoms. The summed E-state index contributed by atoms with van der Waals surface area (Å²) < 4.78 is 13.6. The lowest BCUT2D eigenvalue weighted by Crippen LogP contribution is -1.87. The van der Waals surface area contributed by atoms with E-state index in [0.717, 1.165) is 10.4 Å². The van der Waals surface area contributed by atoms with Crippen LogP contribution in [0.15, 0.2) is 29.6 Å². The molecule has 0 N–H and O–H groups in total. The minimum atomic E-state index is -0.346. The number of halogens is 1. The maximum absolute atomic E-state index is 13.6. The molecular formula is C12H9FOS. The molecule has 0 aliphatic heterocycles. The second kappa shape index (κ2) is 3.95. The number of thiophene rings is 1. The highest BCUT2D eigenvalue weighted by atomic mass is 32.1. The maximum atomic E-state index is 13.6. The molecule has 1 heterocycles. The van der Waals surface area contributed by atoms with Crippen molar-refractivity contribution >= 4 is 17.6 Å². The molecule has 1 aromatic heterocycles. The van der Waals surface area contributed by atoms with Crippen molar-refractivity contribution in [2.75, 3.05) is 0 Å². The quantitative estimate of drug-likeness (QED) is 0.706. The Balaban J connectivity index is 2.55. The topological polar surface area (TPSA) is 17.1 Å². The van der Waals surface area contributed by atoms with E-state index in [4.69, 9.17) is 0 Å². The molecule has 0 amide bonds. The van der Waals surface area contributed by atoms with E-state index >= 15 is 0 Å². The Hall–Kier alpha value is -1.48. The van der Waals surface area contributed by atoms with Gasteiger partial charge in [-0.1, -0.05) is 12.1 Å². The van der Waals surface area contributed by atoms with E-state index in [1.807, 2.05) is 18.4 Å². The summed E-state index contributed by atoms with van der Waals surface area (Å²) in [6.45, 7) is 1.95. The lowest BCUT2D eigenvalue weighted by Gasteiger charge is -2.02. The Kier molecular flexibility index (Phi) is 2.64. The minimum absolute atomic E-state index is 0.346. The molecule has 0 radical (unpaired) electrons. The van der Waals surface area contributed by atoms with Crippen LogP contribution in [0.1, 0.15) is 15.2 Å². The molecule has 0 unspecified atom stereocenters. The van der Waals surface area contributed by atoms with Gasteiger partial charge in [-0.3, -0.25) is 4.79 Å². The number of carbonyl (C=O) groups is 1. The zero-order chi connectivity index (χ0) is 10.8. The molecule has 0 spiro atoms. The monoisotopic (exact) mass is 220 g/mol. The third-order valence-corrected chi connectivity index (χ3v) is 3.12. The second-order valence-corrected chi connectivity index (χ2v) is 4.37. The highest BCUT2D eigenvalue weighted by Gasteiger charge is 2.08. The summed E-state index contributed by atoms with van der Waals surface area (Å²) in [6.07, 6.45) is 0.646. The highest BCUT2D eigenvalue weighted by Crippen LogP contribution is 2.29. The van der Waals surface area contributed by atoms with Gasteiger partial charge < -0.3 is 0 Å². The van der Waals surface area contributed by atoms with Crippen molar-refractivity contribution in [3.63, 3.8) is 0 Å². The molecule has 15 heavy (non-hydrogen) atoms. The number of hydrogen-bond donors (Lipinski definition) is 0. The summed E-state index contributed by atoms with van der Waals surface area (Å²) in [4.78, 5) is 11.5. The van der Waals surface area contributed by atoms with Gasteiger partial charge in [-0.25, -0.2) is 4.39 Å². The van der Waals surface area contributed by atoms with E-state index < -0.39 is 0 Å². The zero-order valence-corrected chi connectivity index (χ0v) is 8.98. The van der Waals surface area contributed by atoms with Crippen LogP contribution >= 0.6 is 11.3 Å². The van der Waals surface area contributed by atoms with E-state index in [9.17, 15) is 9.18 Å². The lowest BCUT2D eigenvalue weighted by atomic mass is 10.0. The van der Waals surface area contributed by atoms with Gasteiger partial charge in [-0.2, -0.15) is 0 Å². The van der Waals surface area contributed by atoms with Crippen molar-refractivity contribution in [3.05, 3.63) is 45.9 Å². The molecule has 76 valence electrons. The van der Waals surface area contributed by atoms with Gasteiger partial charge in [0.25, 0.3) is 0 Å². The predicted octanol–water partition coefficient (Wildman–Crippen LogP) is 3.68. The SMILES string of the molecule is Cc1sccc1-c1ccc(C=O)cc1F. The first-order valence-electron chi connectivity index (χ1n) is 4.51. The van der Waals surface area contributed by atoms with Crippen LogP contribution in [-0.4, -0.2) is 6.29 Å². The van der Waals surface area contributed by atoms with Gasteiger partial charge in [0.1, 0.15) is 12.1 Å². The van der Waals surface area contributed by atoms with Gasteiger partial charge in [-0.05, 0) is 30.0 Å².